The first kappa shape index (κ1) is 21.1. The second-order valence-electron chi connectivity index (χ2n) is 11.5. The van der Waals surface area contributed by atoms with Gasteiger partial charge in [0, 0.05) is 13.7 Å². The standard InChI is InChI=1S/C25H44O3/c1-6-17-21-13-16(28-5)9-11-25(21,4)20-10-12-24(3)18(15(2)14-26)7-8-19(24)22(20)23(17)27/h15-23,26-27H,6-14H2,1-5H3/t15-,16-,17-,18-,19+,20+,21+,22+,23-,24-,25-/m1/s1. The Kier molecular flexibility index (Phi) is 5.69. The first-order chi connectivity index (χ1) is 13.3. The Balaban J connectivity index is 1.68. The van der Waals surface area contributed by atoms with Crippen LogP contribution in [0.25, 0.3) is 0 Å². The van der Waals surface area contributed by atoms with Crippen molar-refractivity contribution in [3.8, 4) is 0 Å². The highest BCUT2D eigenvalue weighted by molar-refractivity contribution is 5.13. The summed E-state index contributed by atoms with van der Waals surface area (Å²) >= 11 is 0. The van der Waals surface area contributed by atoms with Gasteiger partial charge in [0.15, 0.2) is 0 Å². The van der Waals surface area contributed by atoms with Gasteiger partial charge in [-0.15, -0.1) is 0 Å². The van der Waals surface area contributed by atoms with E-state index in [0.717, 1.165) is 12.8 Å². The van der Waals surface area contributed by atoms with E-state index in [4.69, 9.17) is 4.74 Å². The maximum atomic E-state index is 11.7. The fourth-order valence-electron chi connectivity index (χ4n) is 9.26. The number of aliphatic hydroxyl groups is 2. The molecular weight excluding hydrogens is 348 g/mol. The minimum Gasteiger partial charge on any atom is -0.396 e. The summed E-state index contributed by atoms with van der Waals surface area (Å²) in [5.41, 5.74) is 0.664. The lowest BCUT2D eigenvalue weighted by atomic mass is 9.41. The summed E-state index contributed by atoms with van der Waals surface area (Å²) in [6.45, 7) is 9.90. The zero-order valence-electron chi connectivity index (χ0n) is 18.9. The molecule has 0 bridgehead atoms. The summed E-state index contributed by atoms with van der Waals surface area (Å²) in [7, 11) is 1.86. The van der Waals surface area contributed by atoms with Gasteiger partial charge in [-0.2, -0.15) is 0 Å². The van der Waals surface area contributed by atoms with Crippen molar-refractivity contribution in [2.75, 3.05) is 13.7 Å². The molecule has 0 heterocycles. The van der Waals surface area contributed by atoms with Crippen molar-refractivity contribution in [3.05, 3.63) is 0 Å². The third-order valence-corrected chi connectivity index (χ3v) is 10.8. The number of methoxy groups -OCH3 is 1. The maximum Gasteiger partial charge on any atom is 0.0605 e. The van der Waals surface area contributed by atoms with E-state index in [0.29, 0.717) is 65.0 Å². The van der Waals surface area contributed by atoms with Crippen LogP contribution < -0.4 is 0 Å². The SMILES string of the molecule is CC[C@H]1[C@@H](O)[C@@H]2[C@H](CC[C@]3(C)[C@@H]([C@H](C)CO)CC[C@@H]23)[C@@]2(C)CC[C@@H](OC)C[C@@H]12. The minimum atomic E-state index is -0.156. The fourth-order valence-corrected chi connectivity index (χ4v) is 9.26. The van der Waals surface area contributed by atoms with Gasteiger partial charge in [-0.25, -0.2) is 0 Å². The number of ether oxygens (including phenoxy) is 1. The van der Waals surface area contributed by atoms with E-state index in [2.05, 4.69) is 27.7 Å². The molecule has 0 aromatic heterocycles. The maximum absolute atomic E-state index is 11.7. The van der Waals surface area contributed by atoms with Crippen molar-refractivity contribution in [2.24, 2.45) is 52.3 Å². The summed E-state index contributed by atoms with van der Waals surface area (Å²) < 4.78 is 5.78. The highest BCUT2D eigenvalue weighted by Gasteiger charge is 2.64. The predicted molar refractivity (Wildman–Crippen MR) is 113 cm³/mol. The Bertz CT molecular complexity index is 564. The monoisotopic (exact) mass is 392 g/mol. The van der Waals surface area contributed by atoms with Gasteiger partial charge in [-0.1, -0.05) is 34.1 Å². The van der Waals surface area contributed by atoms with Crippen molar-refractivity contribution < 1.29 is 14.9 Å². The van der Waals surface area contributed by atoms with Crippen molar-refractivity contribution in [1.29, 1.82) is 0 Å². The van der Waals surface area contributed by atoms with Gasteiger partial charge >= 0.3 is 0 Å². The second-order valence-corrected chi connectivity index (χ2v) is 11.5. The van der Waals surface area contributed by atoms with E-state index in [1.807, 2.05) is 7.11 Å². The normalized spacial score (nSPS) is 54.5. The molecule has 3 heteroatoms. The molecule has 3 nitrogen and oxygen atoms in total. The Morgan fingerprint density at radius 3 is 2.32 bits per heavy atom. The Morgan fingerprint density at radius 2 is 1.68 bits per heavy atom. The fraction of sp³-hybridized carbons (Fsp3) is 1.00. The Labute approximate surface area is 172 Å². The largest absolute Gasteiger partial charge is 0.396 e. The van der Waals surface area contributed by atoms with E-state index in [9.17, 15) is 10.2 Å². The molecule has 0 saturated heterocycles. The molecule has 0 aromatic carbocycles. The van der Waals surface area contributed by atoms with E-state index >= 15 is 0 Å². The molecule has 162 valence electrons. The van der Waals surface area contributed by atoms with E-state index in [1.54, 1.807) is 0 Å². The van der Waals surface area contributed by atoms with Crippen molar-refractivity contribution >= 4 is 0 Å². The topological polar surface area (TPSA) is 49.7 Å². The highest BCUT2D eigenvalue weighted by Crippen LogP contribution is 2.69. The number of aliphatic hydroxyl groups excluding tert-OH is 2. The number of rotatable bonds is 4. The zero-order valence-corrected chi connectivity index (χ0v) is 18.9. The van der Waals surface area contributed by atoms with Crippen LogP contribution in [0.4, 0.5) is 0 Å². The summed E-state index contributed by atoms with van der Waals surface area (Å²) in [6.07, 6.45) is 9.94. The van der Waals surface area contributed by atoms with Crippen LogP contribution in [0.5, 0.6) is 0 Å². The average Bonchev–Trinajstić information content (AvgIpc) is 3.05. The predicted octanol–water partition coefficient (Wildman–Crippen LogP) is 4.90. The molecule has 0 amide bonds. The first-order valence-corrected chi connectivity index (χ1v) is 12.1. The van der Waals surface area contributed by atoms with Crippen LogP contribution in [0.3, 0.4) is 0 Å². The van der Waals surface area contributed by atoms with Crippen LogP contribution in [0.1, 0.15) is 79.1 Å². The molecule has 0 radical (unpaired) electrons. The number of fused-ring (bicyclic) bond motifs is 5. The third kappa shape index (κ3) is 2.86. The molecule has 0 spiro atoms. The van der Waals surface area contributed by atoms with Gasteiger partial charge in [0.1, 0.15) is 0 Å². The van der Waals surface area contributed by atoms with E-state index in [1.165, 1.54) is 38.5 Å². The summed E-state index contributed by atoms with van der Waals surface area (Å²) in [5, 5.41) is 21.6. The lowest BCUT2D eigenvalue weighted by Crippen LogP contribution is -2.62. The molecule has 0 aromatic rings. The van der Waals surface area contributed by atoms with Crippen molar-refractivity contribution in [3.63, 3.8) is 0 Å². The molecule has 2 N–H and O–H groups in total. The molecule has 11 atom stereocenters. The average molecular weight is 393 g/mol. The van der Waals surface area contributed by atoms with Crippen LogP contribution in [-0.4, -0.2) is 36.1 Å². The van der Waals surface area contributed by atoms with E-state index < -0.39 is 0 Å². The van der Waals surface area contributed by atoms with Crippen molar-refractivity contribution in [1.82, 2.24) is 0 Å². The molecule has 4 rings (SSSR count). The molecule has 4 saturated carbocycles. The third-order valence-electron chi connectivity index (χ3n) is 10.8. The Hall–Kier alpha value is -0.120. The minimum absolute atomic E-state index is 0.156. The molecule has 0 aliphatic heterocycles. The summed E-state index contributed by atoms with van der Waals surface area (Å²) in [6, 6.07) is 0. The number of hydrogen-bond donors (Lipinski definition) is 2. The van der Waals surface area contributed by atoms with Crippen LogP contribution in [0, 0.1) is 52.3 Å². The number of hydrogen-bond acceptors (Lipinski definition) is 3. The van der Waals surface area contributed by atoms with Crippen LogP contribution in [-0.2, 0) is 4.74 Å². The first-order valence-electron chi connectivity index (χ1n) is 12.1. The smallest absolute Gasteiger partial charge is 0.0605 e. The molecule has 28 heavy (non-hydrogen) atoms. The lowest BCUT2D eigenvalue weighted by Gasteiger charge is -2.65. The van der Waals surface area contributed by atoms with Crippen molar-refractivity contribution in [2.45, 2.75) is 91.3 Å². The molecular formula is C25H44O3. The molecule has 0 unspecified atom stereocenters. The quantitative estimate of drug-likeness (QED) is 0.716. The van der Waals surface area contributed by atoms with Crippen LogP contribution in [0.2, 0.25) is 0 Å². The van der Waals surface area contributed by atoms with Gasteiger partial charge in [-0.3, -0.25) is 0 Å². The highest BCUT2D eigenvalue weighted by atomic mass is 16.5. The van der Waals surface area contributed by atoms with Crippen LogP contribution >= 0.6 is 0 Å². The zero-order chi connectivity index (χ0) is 20.3. The van der Waals surface area contributed by atoms with Gasteiger partial charge in [0.25, 0.3) is 0 Å². The lowest BCUT2D eigenvalue weighted by molar-refractivity contribution is -0.205. The van der Waals surface area contributed by atoms with Gasteiger partial charge < -0.3 is 14.9 Å². The molecule has 4 aliphatic carbocycles. The van der Waals surface area contributed by atoms with Gasteiger partial charge in [-0.05, 0) is 97.2 Å². The molecule has 4 fully saturated rings. The summed E-state index contributed by atoms with van der Waals surface area (Å²) in [5.74, 6) is 3.77. The van der Waals surface area contributed by atoms with Gasteiger partial charge in [0.05, 0.1) is 12.2 Å². The van der Waals surface area contributed by atoms with E-state index in [-0.39, 0.29) is 6.10 Å². The Morgan fingerprint density at radius 1 is 1.00 bits per heavy atom. The summed E-state index contributed by atoms with van der Waals surface area (Å²) in [4.78, 5) is 0. The second kappa shape index (κ2) is 7.54. The van der Waals surface area contributed by atoms with Crippen LogP contribution in [0.15, 0.2) is 0 Å². The molecule has 4 aliphatic rings. The van der Waals surface area contributed by atoms with Gasteiger partial charge in [0.2, 0.25) is 0 Å².